The molecule has 0 radical (unpaired) electrons. The molecule has 10 heteroatoms. The third-order valence-electron chi connectivity index (χ3n) is 7.55. The van der Waals surface area contributed by atoms with Crippen molar-refractivity contribution < 1.29 is 22.3 Å². The van der Waals surface area contributed by atoms with Crippen LogP contribution in [0.25, 0.3) is 11.1 Å². The molecule has 0 atom stereocenters. The standard InChI is InChI=1S/C30H35FN4O4S/c1-3-24-25(8-10-27(29(24)31)40(2,37)38)30(36)35-16-17-39-26-9-6-21(18-23(26)20-35)22-7-11-28(33-19-22)32-12-15-34-13-4-5-14-34/h6-11,18-19H,3-5,12-17,20H2,1-2H3,(H,32,33). The van der Waals surface area contributed by atoms with Crippen LogP contribution >= 0.6 is 0 Å². The van der Waals surface area contributed by atoms with E-state index in [0.717, 1.165) is 41.9 Å². The Morgan fingerprint density at radius 3 is 2.55 bits per heavy atom. The zero-order valence-electron chi connectivity index (χ0n) is 23.0. The molecule has 0 bridgehead atoms. The molecule has 1 fully saturated rings. The van der Waals surface area contributed by atoms with E-state index in [1.807, 2.05) is 36.5 Å². The number of carbonyl (C=O) groups excluding carboxylic acids is 1. The van der Waals surface area contributed by atoms with Crippen molar-refractivity contribution in [2.75, 3.05) is 50.9 Å². The first kappa shape index (κ1) is 28.0. The number of rotatable bonds is 8. The fourth-order valence-electron chi connectivity index (χ4n) is 5.37. The molecule has 212 valence electrons. The first-order valence-electron chi connectivity index (χ1n) is 13.7. The van der Waals surface area contributed by atoms with Gasteiger partial charge in [0.1, 0.15) is 28.9 Å². The Balaban J connectivity index is 1.32. The van der Waals surface area contributed by atoms with Crippen LogP contribution in [0.15, 0.2) is 53.6 Å². The van der Waals surface area contributed by atoms with Crippen LogP contribution in [-0.2, 0) is 22.8 Å². The predicted octanol–water partition coefficient (Wildman–Crippen LogP) is 4.40. The van der Waals surface area contributed by atoms with Crippen molar-refractivity contribution in [3.8, 4) is 16.9 Å². The van der Waals surface area contributed by atoms with Crippen molar-refractivity contribution >= 4 is 21.6 Å². The monoisotopic (exact) mass is 566 g/mol. The van der Waals surface area contributed by atoms with Gasteiger partial charge >= 0.3 is 0 Å². The van der Waals surface area contributed by atoms with Gasteiger partial charge < -0.3 is 19.9 Å². The number of hydrogen-bond donors (Lipinski definition) is 1. The Morgan fingerprint density at radius 2 is 1.85 bits per heavy atom. The SMILES string of the molecule is CCc1c(C(=O)N2CCOc3ccc(-c4ccc(NCCN5CCCC5)nc4)cc3C2)ccc(S(C)(=O)=O)c1F. The highest BCUT2D eigenvalue weighted by Gasteiger charge is 2.27. The largest absolute Gasteiger partial charge is 0.491 e. The van der Waals surface area contributed by atoms with E-state index in [1.165, 1.54) is 38.1 Å². The maximum atomic E-state index is 15.1. The maximum Gasteiger partial charge on any atom is 0.254 e. The van der Waals surface area contributed by atoms with Crippen LogP contribution in [0.1, 0.15) is 41.3 Å². The van der Waals surface area contributed by atoms with Crippen LogP contribution in [0.4, 0.5) is 10.2 Å². The van der Waals surface area contributed by atoms with Gasteiger partial charge in [-0.15, -0.1) is 0 Å². The molecule has 1 N–H and O–H groups in total. The number of anilines is 1. The predicted molar refractivity (Wildman–Crippen MR) is 153 cm³/mol. The van der Waals surface area contributed by atoms with Gasteiger partial charge in [0, 0.05) is 54.3 Å². The van der Waals surface area contributed by atoms with Gasteiger partial charge in [-0.3, -0.25) is 4.79 Å². The number of amides is 1. The van der Waals surface area contributed by atoms with Crippen molar-refractivity contribution in [1.29, 1.82) is 0 Å². The number of pyridine rings is 1. The van der Waals surface area contributed by atoms with Crippen LogP contribution in [-0.4, -0.2) is 74.7 Å². The molecule has 1 amide bonds. The summed E-state index contributed by atoms with van der Waals surface area (Å²) in [5.41, 5.74) is 3.01. The minimum atomic E-state index is -3.75. The highest BCUT2D eigenvalue weighted by atomic mass is 32.2. The van der Waals surface area contributed by atoms with E-state index in [9.17, 15) is 13.2 Å². The molecular weight excluding hydrogens is 531 g/mol. The summed E-state index contributed by atoms with van der Waals surface area (Å²) in [6.07, 6.45) is 5.54. The minimum absolute atomic E-state index is 0.104. The molecule has 3 aromatic rings. The number of aromatic nitrogens is 1. The third kappa shape index (κ3) is 6.13. The highest BCUT2D eigenvalue weighted by Crippen LogP contribution is 2.31. The van der Waals surface area contributed by atoms with E-state index >= 15 is 4.39 Å². The number of sulfone groups is 1. The number of likely N-dealkylation sites (tertiary alicyclic amines) is 1. The molecule has 2 aliphatic heterocycles. The summed E-state index contributed by atoms with van der Waals surface area (Å²) in [6, 6.07) is 12.4. The van der Waals surface area contributed by atoms with Gasteiger partial charge in [-0.1, -0.05) is 13.0 Å². The second-order valence-electron chi connectivity index (χ2n) is 10.3. The number of ether oxygens (including phenoxy) is 1. The van der Waals surface area contributed by atoms with Crippen molar-refractivity contribution in [1.82, 2.24) is 14.8 Å². The number of benzene rings is 2. The zero-order chi connectivity index (χ0) is 28.3. The Bertz CT molecular complexity index is 1490. The summed E-state index contributed by atoms with van der Waals surface area (Å²) in [5.74, 6) is 0.315. The van der Waals surface area contributed by atoms with E-state index in [0.29, 0.717) is 18.9 Å². The summed E-state index contributed by atoms with van der Waals surface area (Å²) in [7, 11) is -3.75. The summed E-state index contributed by atoms with van der Waals surface area (Å²) < 4.78 is 45.0. The third-order valence-corrected chi connectivity index (χ3v) is 8.66. The van der Waals surface area contributed by atoms with Crippen molar-refractivity contribution in [3.63, 3.8) is 0 Å². The normalized spacial score (nSPS) is 15.8. The molecule has 8 nitrogen and oxygen atoms in total. The first-order valence-corrected chi connectivity index (χ1v) is 15.6. The Morgan fingerprint density at radius 1 is 1.07 bits per heavy atom. The highest BCUT2D eigenvalue weighted by molar-refractivity contribution is 7.90. The summed E-state index contributed by atoms with van der Waals surface area (Å²) in [5, 5.41) is 3.39. The van der Waals surface area contributed by atoms with Gasteiger partial charge in [0.05, 0.1) is 6.54 Å². The van der Waals surface area contributed by atoms with E-state index < -0.39 is 20.5 Å². The molecule has 0 unspecified atom stereocenters. The van der Waals surface area contributed by atoms with Crippen LogP contribution in [0.5, 0.6) is 5.75 Å². The van der Waals surface area contributed by atoms with Crippen LogP contribution in [0.2, 0.25) is 0 Å². The Kier molecular flexibility index (Phi) is 8.37. The smallest absolute Gasteiger partial charge is 0.254 e. The Hall–Kier alpha value is -3.50. The molecule has 0 spiro atoms. The number of halogens is 1. The van der Waals surface area contributed by atoms with E-state index in [2.05, 4.69) is 15.2 Å². The molecule has 2 aromatic carbocycles. The lowest BCUT2D eigenvalue weighted by atomic mass is 10.0. The second-order valence-corrected chi connectivity index (χ2v) is 12.3. The molecule has 2 aliphatic rings. The van der Waals surface area contributed by atoms with Crippen LogP contribution in [0.3, 0.4) is 0 Å². The minimum Gasteiger partial charge on any atom is -0.491 e. The molecule has 1 saturated heterocycles. The van der Waals surface area contributed by atoms with Crippen molar-refractivity contribution in [2.45, 2.75) is 37.6 Å². The Labute approximate surface area is 235 Å². The number of hydrogen-bond acceptors (Lipinski definition) is 7. The lowest BCUT2D eigenvalue weighted by Gasteiger charge is -2.22. The van der Waals surface area contributed by atoms with Gasteiger partial charge in [0.25, 0.3) is 5.91 Å². The molecule has 5 rings (SSSR count). The molecule has 40 heavy (non-hydrogen) atoms. The number of nitrogens with zero attached hydrogens (tertiary/aromatic N) is 3. The fraction of sp³-hybridized carbons (Fsp3) is 0.400. The van der Waals surface area contributed by atoms with E-state index in [-0.39, 0.29) is 30.0 Å². The molecular formula is C30H35FN4O4S. The summed E-state index contributed by atoms with van der Waals surface area (Å²) in [4.78, 5) is 21.8. The average Bonchev–Trinajstić information content (AvgIpc) is 3.36. The van der Waals surface area contributed by atoms with Gasteiger partial charge in [-0.05, 0) is 74.3 Å². The lowest BCUT2D eigenvalue weighted by molar-refractivity contribution is 0.0731. The molecule has 0 aliphatic carbocycles. The van der Waals surface area contributed by atoms with Crippen molar-refractivity contribution in [2.24, 2.45) is 0 Å². The topological polar surface area (TPSA) is 91.8 Å². The summed E-state index contributed by atoms with van der Waals surface area (Å²) in [6.45, 7) is 6.81. The molecule has 0 saturated carbocycles. The lowest BCUT2D eigenvalue weighted by Crippen LogP contribution is -2.33. The molecule has 1 aromatic heterocycles. The molecule has 3 heterocycles. The second kappa shape index (κ2) is 11.9. The summed E-state index contributed by atoms with van der Waals surface area (Å²) >= 11 is 0. The van der Waals surface area contributed by atoms with Crippen LogP contribution in [0, 0.1) is 5.82 Å². The number of nitrogens with one attached hydrogen (secondary N) is 1. The van der Waals surface area contributed by atoms with Gasteiger partial charge in [0.15, 0.2) is 9.84 Å². The van der Waals surface area contributed by atoms with Gasteiger partial charge in [-0.2, -0.15) is 0 Å². The average molecular weight is 567 g/mol. The fourth-order valence-corrected chi connectivity index (χ4v) is 6.13. The van der Waals surface area contributed by atoms with E-state index in [4.69, 9.17) is 4.74 Å². The van der Waals surface area contributed by atoms with Gasteiger partial charge in [0.2, 0.25) is 0 Å². The zero-order valence-corrected chi connectivity index (χ0v) is 23.8. The first-order chi connectivity index (χ1) is 19.2. The van der Waals surface area contributed by atoms with Crippen molar-refractivity contribution in [3.05, 3.63) is 71.2 Å². The quantitative estimate of drug-likeness (QED) is 0.432. The number of carbonyl (C=O) groups is 1. The van der Waals surface area contributed by atoms with E-state index in [1.54, 1.807) is 11.8 Å². The maximum absolute atomic E-state index is 15.1. The van der Waals surface area contributed by atoms with Crippen LogP contribution < -0.4 is 10.1 Å². The number of fused-ring (bicyclic) bond motifs is 1. The van der Waals surface area contributed by atoms with Gasteiger partial charge in [-0.25, -0.2) is 17.8 Å².